The molecule has 0 radical (unpaired) electrons. The molecule has 0 saturated heterocycles. The van der Waals surface area contributed by atoms with E-state index in [4.69, 9.17) is 9.47 Å². The Morgan fingerprint density at radius 3 is 2.87 bits per heavy atom. The minimum Gasteiger partial charge on any atom is -0.493 e. The number of aliphatic hydroxyl groups is 1. The highest BCUT2D eigenvalue weighted by atomic mass is 16.5. The maximum absolute atomic E-state index is 11.1. The fourth-order valence-corrected chi connectivity index (χ4v) is 5.77. The van der Waals surface area contributed by atoms with Crippen molar-refractivity contribution < 1.29 is 14.6 Å². The number of hydrogen-bond donors (Lipinski definition) is 1. The van der Waals surface area contributed by atoms with Crippen LogP contribution in [-0.4, -0.2) is 45.8 Å². The van der Waals surface area contributed by atoms with Crippen LogP contribution >= 0.6 is 0 Å². The van der Waals surface area contributed by atoms with Gasteiger partial charge < -0.3 is 14.6 Å². The first-order valence-electron chi connectivity index (χ1n) is 10.9. The second-order valence-corrected chi connectivity index (χ2v) is 8.87. The molecule has 5 rings (SSSR count). The van der Waals surface area contributed by atoms with Crippen LogP contribution in [0, 0.1) is 5.92 Å². The van der Waals surface area contributed by atoms with Gasteiger partial charge in [-0.15, -0.1) is 0 Å². The molecule has 158 valence electrons. The van der Waals surface area contributed by atoms with Crippen LogP contribution in [0.2, 0.25) is 0 Å². The normalized spacial score (nSPS) is 28.4. The van der Waals surface area contributed by atoms with Crippen molar-refractivity contribution in [3.8, 4) is 11.4 Å². The van der Waals surface area contributed by atoms with Crippen LogP contribution in [0.1, 0.15) is 44.6 Å². The van der Waals surface area contributed by atoms with Crippen LogP contribution in [0.5, 0.6) is 5.75 Å². The molecule has 0 spiro atoms. The maximum atomic E-state index is 11.1. The minimum absolute atomic E-state index is 0.0127. The Balaban J connectivity index is 1.61. The summed E-state index contributed by atoms with van der Waals surface area (Å²) in [4.78, 5) is 4.11. The average Bonchev–Trinajstić information content (AvgIpc) is 3.10. The molecule has 30 heavy (non-hydrogen) atoms. The van der Waals surface area contributed by atoms with Crippen molar-refractivity contribution in [1.29, 1.82) is 0 Å². The van der Waals surface area contributed by atoms with Gasteiger partial charge >= 0.3 is 0 Å². The summed E-state index contributed by atoms with van der Waals surface area (Å²) < 4.78 is 13.6. The van der Waals surface area contributed by atoms with E-state index in [1.54, 1.807) is 19.5 Å². The van der Waals surface area contributed by atoms with Crippen molar-refractivity contribution in [2.75, 3.05) is 20.3 Å². The van der Waals surface area contributed by atoms with Crippen LogP contribution in [-0.2, 0) is 10.2 Å². The molecule has 6 heteroatoms. The monoisotopic (exact) mass is 407 g/mol. The Labute approximate surface area is 176 Å². The van der Waals surface area contributed by atoms with Gasteiger partial charge in [-0.05, 0) is 56.2 Å². The van der Waals surface area contributed by atoms with Crippen molar-refractivity contribution in [3.63, 3.8) is 0 Å². The lowest BCUT2D eigenvalue weighted by molar-refractivity contribution is -0.0903. The van der Waals surface area contributed by atoms with Crippen LogP contribution in [0.3, 0.4) is 0 Å². The van der Waals surface area contributed by atoms with Gasteiger partial charge in [0.2, 0.25) is 0 Å². The third-order valence-electron chi connectivity index (χ3n) is 7.33. The Kier molecular flexibility index (Phi) is 4.79. The molecule has 1 saturated carbocycles. The highest BCUT2D eigenvalue weighted by Gasteiger charge is 2.50. The molecule has 1 fully saturated rings. The first kappa shape index (κ1) is 19.5. The molecule has 1 aliphatic heterocycles. The molecule has 6 nitrogen and oxygen atoms in total. The summed E-state index contributed by atoms with van der Waals surface area (Å²) in [5, 5.41) is 16.8. The summed E-state index contributed by atoms with van der Waals surface area (Å²) in [5.74, 6) is 1.32. The van der Waals surface area contributed by atoms with E-state index in [0.717, 1.165) is 54.4 Å². The van der Waals surface area contributed by atoms with Crippen LogP contribution in [0.15, 0.2) is 42.9 Å². The zero-order valence-corrected chi connectivity index (χ0v) is 17.7. The van der Waals surface area contributed by atoms with Gasteiger partial charge in [0.1, 0.15) is 5.75 Å². The van der Waals surface area contributed by atoms with Crippen molar-refractivity contribution in [2.24, 2.45) is 5.92 Å². The zero-order valence-electron chi connectivity index (χ0n) is 17.7. The third kappa shape index (κ3) is 3.01. The lowest BCUT2D eigenvalue weighted by Gasteiger charge is -2.49. The maximum Gasteiger partial charge on any atom is 0.125 e. The third-order valence-corrected chi connectivity index (χ3v) is 7.33. The summed E-state index contributed by atoms with van der Waals surface area (Å²) in [7, 11) is 1.67. The smallest absolute Gasteiger partial charge is 0.125 e. The molecule has 3 heterocycles. The highest BCUT2D eigenvalue weighted by molar-refractivity contribution is 5.83. The van der Waals surface area contributed by atoms with Crippen molar-refractivity contribution in [2.45, 2.75) is 50.0 Å². The first-order valence-corrected chi connectivity index (χ1v) is 10.9. The molecular formula is C24H29N3O3. The summed E-state index contributed by atoms with van der Waals surface area (Å²) >= 11 is 0. The lowest BCUT2D eigenvalue weighted by atomic mass is 9.57. The van der Waals surface area contributed by atoms with E-state index in [1.807, 2.05) is 23.0 Å². The molecule has 1 aromatic carbocycles. The highest BCUT2D eigenvalue weighted by Crippen LogP contribution is 2.54. The molecule has 2 aromatic heterocycles. The fourth-order valence-electron chi connectivity index (χ4n) is 5.77. The van der Waals surface area contributed by atoms with Crippen molar-refractivity contribution >= 4 is 10.9 Å². The molecule has 0 unspecified atom stereocenters. The number of pyridine rings is 1. The van der Waals surface area contributed by atoms with Gasteiger partial charge in [-0.1, -0.05) is 6.92 Å². The molecule has 0 bridgehead atoms. The molecule has 0 amide bonds. The van der Waals surface area contributed by atoms with E-state index < -0.39 is 5.60 Å². The van der Waals surface area contributed by atoms with Gasteiger partial charge in [0.25, 0.3) is 0 Å². The number of methoxy groups -OCH3 is 1. The van der Waals surface area contributed by atoms with Crippen LogP contribution in [0.25, 0.3) is 16.6 Å². The predicted octanol–water partition coefficient (Wildman–Crippen LogP) is 4.03. The number of nitrogens with zero attached hydrogens (tertiary/aromatic N) is 3. The summed E-state index contributed by atoms with van der Waals surface area (Å²) in [5.41, 5.74) is 2.57. The Hall–Kier alpha value is -2.44. The summed E-state index contributed by atoms with van der Waals surface area (Å²) in [6.45, 7) is 3.33. The largest absolute Gasteiger partial charge is 0.493 e. The topological polar surface area (TPSA) is 69.4 Å². The Morgan fingerprint density at radius 2 is 2.10 bits per heavy atom. The van der Waals surface area contributed by atoms with Gasteiger partial charge in [0.05, 0.1) is 36.2 Å². The second-order valence-electron chi connectivity index (χ2n) is 8.87. The number of aromatic nitrogens is 3. The van der Waals surface area contributed by atoms with E-state index in [2.05, 4.69) is 29.1 Å². The quantitative estimate of drug-likeness (QED) is 0.707. The van der Waals surface area contributed by atoms with Gasteiger partial charge in [-0.2, -0.15) is 5.10 Å². The van der Waals surface area contributed by atoms with Crippen molar-refractivity contribution in [1.82, 2.24) is 14.8 Å². The zero-order chi connectivity index (χ0) is 20.8. The molecule has 2 aliphatic rings. The molecule has 1 N–H and O–H groups in total. The molecule has 3 aromatic rings. The van der Waals surface area contributed by atoms with E-state index in [1.165, 1.54) is 5.56 Å². The number of fused-ring (bicyclic) bond motifs is 4. The van der Waals surface area contributed by atoms with E-state index >= 15 is 0 Å². The molecule has 1 aliphatic carbocycles. The van der Waals surface area contributed by atoms with E-state index in [9.17, 15) is 5.11 Å². The molecule has 3 atom stereocenters. The van der Waals surface area contributed by atoms with Gasteiger partial charge in [-0.25, -0.2) is 4.68 Å². The predicted molar refractivity (Wildman–Crippen MR) is 115 cm³/mol. The minimum atomic E-state index is -0.737. The summed E-state index contributed by atoms with van der Waals surface area (Å²) in [6.07, 6.45) is 9.91. The Bertz CT molecular complexity index is 1050. The Morgan fingerprint density at radius 1 is 1.27 bits per heavy atom. The van der Waals surface area contributed by atoms with E-state index in [0.29, 0.717) is 19.1 Å². The summed E-state index contributed by atoms with van der Waals surface area (Å²) in [6, 6.07) is 8.34. The number of rotatable bonds is 4. The second kappa shape index (κ2) is 7.36. The fraction of sp³-hybridized carbons (Fsp3) is 0.500. The number of ether oxygens (including phenoxy) is 2. The lowest BCUT2D eigenvalue weighted by Crippen LogP contribution is -2.49. The SMILES string of the molecule is CC[C@]12CC[C@@](O)(COC)C[C@H]1CCOc1cc3c(cnn3-c3ccncc3)cc12. The molecular weight excluding hydrogens is 378 g/mol. The number of benzene rings is 1. The van der Waals surface area contributed by atoms with Crippen LogP contribution < -0.4 is 4.74 Å². The standard InChI is InChI=1S/C24H29N3O3/c1-3-24-8-7-23(28,16-29-2)14-18(24)6-11-30-22-13-21-17(12-20(22)24)15-26-27(21)19-4-9-25-10-5-19/h4-5,9-10,12-13,15,18,28H,3,6-8,11,14,16H2,1-2H3/t18-,23+,24+/m1/s1. The number of hydrogen-bond acceptors (Lipinski definition) is 5. The van der Waals surface area contributed by atoms with E-state index in [-0.39, 0.29) is 5.41 Å². The average molecular weight is 408 g/mol. The van der Waals surface area contributed by atoms with Gasteiger partial charge in [0, 0.05) is 41.9 Å². The van der Waals surface area contributed by atoms with Crippen molar-refractivity contribution in [3.05, 3.63) is 48.4 Å². The van der Waals surface area contributed by atoms with Gasteiger partial charge in [0.15, 0.2) is 0 Å². The van der Waals surface area contributed by atoms with Gasteiger partial charge in [-0.3, -0.25) is 4.98 Å². The first-order chi connectivity index (χ1) is 14.6. The van der Waals surface area contributed by atoms with Crippen LogP contribution in [0.4, 0.5) is 0 Å².